The van der Waals surface area contributed by atoms with Gasteiger partial charge in [-0.1, -0.05) is 30.3 Å². The maximum atomic E-state index is 11.7. The summed E-state index contributed by atoms with van der Waals surface area (Å²) < 4.78 is 5.79. The molecule has 2 N–H and O–H groups in total. The first-order valence-electron chi connectivity index (χ1n) is 6.00. The molecule has 0 radical (unpaired) electrons. The van der Waals surface area contributed by atoms with Gasteiger partial charge in [-0.15, -0.1) is 11.3 Å². The minimum absolute atomic E-state index is 0.0904. The van der Waals surface area contributed by atoms with E-state index >= 15 is 0 Å². The zero-order valence-electron chi connectivity index (χ0n) is 10.8. The van der Waals surface area contributed by atoms with E-state index in [9.17, 15) is 14.7 Å². The Bertz CT molecular complexity index is 629. The van der Waals surface area contributed by atoms with E-state index < -0.39 is 18.1 Å². The summed E-state index contributed by atoms with van der Waals surface area (Å²) in [6, 6.07) is 9.69. The van der Waals surface area contributed by atoms with Gasteiger partial charge in [-0.3, -0.25) is 0 Å². The van der Waals surface area contributed by atoms with Crippen LogP contribution in [0.3, 0.4) is 0 Å². The van der Waals surface area contributed by atoms with Crippen LogP contribution in [0.15, 0.2) is 46.3 Å². The van der Waals surface area contributed by atoms with Crippen LogP contribution in [-0.2, 0) is 16.1 Å². The van der Waals surface area contributed by atoms with E-state index in [0.717, 1.165) is 10.0 Å². The molecule has 1 atom stereocenters. The van der Waals surface area contributed by atoms with Crippen LogP contribution in [0, 0.1) is 0 Å². The summed E-state index contributed by atoms with van der Waals surface area (Å²) >= 11 is 4.50. The summed E-state index contributed by atoms with van der Waals surface area (Å²) in [5, 5.41) is 13.3. The number of thiophene rings is 1. The number of carboxylic acids is 1. The van der Waals surface area contributed by atoms with E-state index in [1.54, 1.807) is 11.4 Å². The number of hydrogen-bond donors (Lipinski definition) is 2. The summed E-state index contributed by atoms with van der Waals surface area (Å²) in [5.74, 6) is -1.14. The SMILES string of the molecule is O=C(NC(C(=O)O)c1cc(Br)cs1)OCc1ccccc1. The lowest BCUT2D eigenvalue weighted by Crippen LogP contribution is -2.33. The lowest BCUT2D eigenvalue weighted by atomic mass is 10.2. The first-order chi connectivity index (χ1) is 10.1. The summed E-state index contributed by atoms with van der Waals surface area (Å²) in [5.41, 5.74) is 0.832. The predicted octanol–water partition coefficient (Wildman–Crippen LogP) is 3.56. The highest BCUT2D eigenvalue weighted by Crippen LogP contribution is 2.26. The summed E-state index contributed by atoms with van der Waals surface area (Å²) in [6.07, 6.45) is -0.768. The van der Waals surface area contributed by atoms with Crippen LogP contribution in [0.1, 0.15) is 16.5 Å². The van der Waals surface area contributed by atoms with Gasteiger partial charge in [0, 0.05) is 14.7 Å². The fourth-order valence-electron chi connectivity index (χ4n) is 1.62. The summed E-state index contributed by atoms with van der Waals surface area (Å²) in [4.78, 5) is 23.5. The van der Waals surface area contributed by atoms with Gasteiger partial charge in [0.1, 0.15) is 6.61 Å². The Morgan fingerprint density at radius 1 is 1.33 bits per heavy atom. The number of benzene rings is 1. The number of ether oxygens (including phenoxy) is 1. The molecule has 7 heteroatoms. The molecule has 21 heavy (non-hydrogen) atoms. The average Bonchev–Trinajstić information content (AvgIpc) is 2.89. The van der Waals surface area contributed by atoms with Gasteiger partial charge in [0.05, 0.1) is 0 Å². The molecule has 2 rings (SSSR count). The van der Waals surface area contributed by atoms with E-state index in [-0.39, 0.29) is 6.61 Å². The fraction of sp³-hybridized carbons (Fsp3) is 0.143. The molecule has 0 saturated heterocycles. The molecule has 1 amide bonds. The molecule has 110 valence electrons. The van der Waals surface area contributed by atoms with Crippen LogP contribution in [0.25, 0.3) is 0 Å². The molecule has 0 aliphatic heterocycles. The lowest BCUT2D eigenvalue weighted by Gasteiger charge is -2.13. The number of rotatable bonds is 5. The Labute approximate surface area is 133 Å². The van der Waals surface area contributed by atoms with Gasteiger partial charge in [0.15, 0.2) is 6.04 Å². The maximum Gasteiger partial charge on any atom is 0.408 e. The van der Waals surface area contributed by atoms with Gasteiger partial charge >= 0.3 is 12.1 Å². The summed E-state index contributed by atoms with van der Waals surface area (Å²) in [6.45, 7) is 0.0904. The van der Waals surface area contributed by atoms with Crippen molar-refractivity contribution in [3.05, 3.63) is 56.7 Å². The van der Waals surface area contributed by atoms with Crippen LogP contribution in [0.5, 0.6) is 0 Å². The zero-order chi connectivity index (χ0) is 15.2. The van der Waals surface area contributed by atoms with Crippen LogP contribution >= 0.6 is 27.3 Å². The topological polar surface area (TPSA) is 75.6 Å². The number of carbonyl (C=O) groups excluding carboxylic acids is 1. The minimum atomic E-state index is -1.14. The third-order valence-corrected chi connectivity index (χ3v) is 4.35. The molecule has 1 aromatic heterocycles. The van der Waals surface area contributed by atoms with Gasteiger partial charge in [0.25, 0.3) is 0 Å². The molecule has 0 fully saturated rings. The Balaban J connectivity index is 1.94. The Kier molecular flexibility index (Phi) is 5.35. The maximum absolute atomic E-state index is 11.7. The molecule has 5 nitrogen and oxygen atoms in total. The van der Waals surface area contributed by atoms with Crippen molar-refractivity contribution in [1.29, 1.82) is 0 Å². The van der Waals surface area contributed by atoms with Crippen molar-refractivity contribution in [2.75, 3.05) is 0 Å². The first-order valence-corrected chi connectivity index (χ1v) is 7.67. The second-order valence-corrected chi connectivity index (χ2v) is 6.00. The Hall–Kier alpha value is -1.86. The molecule has 2 aromatic rings. The molecule has 0 aliphatic rings. The number of nitrogens with one attached hydrogen (secondary N) is 1. The van der Waals surface area contributed by atoms with Gasteiger partial charge in [0.2, 0.25) is 0 Å². The molecular weight excluding hydrogens is 358 g/mol. The first kappa shape index (κ1) is 15.5. The number of carbonyl (C=O) groups is 2. The number of amides is 1. The monoisotopic (exact) mass is 369 g/mol. The largest absolute Gasteiger partial charge is 0.479 e. The van der Waals surface area contributed by atoms with E-state index in [4.69, 9.17) is 4.74 Å². The van der Waals surface area contributed by atoms with E-state index in [1.165, 1.54) is 11.3 Å². The average molecular weight is 370 g/mol. The predicted molar refractivity (Wildman–Crippen MR) is 82.2 cm³/mol. The molecule has 0 bridgehead atoms. The van der Waals surface area contributed by atoms with Gasteiger partial charge in [-0.2, -0.15) is 0 Å². The number of alkyl carbamates (subject to hydrolysis) is 1. The molecule has 1 aromatic carbocycles. The van der Waals surface area contributed by atoms with Crippen molar-refractivity contribution in [2.24, 2.45) is 0 Å². The highest BCUT2D eigenvalue weighted by Gasteiger charge is 2.24. The lowest BCUT2D eigenvalue weighted by molar-refractivity contribution is -0.139. The van der Waals surface area contributed by atoms with Crippen molar-refractivity contribution in [2.45, 2.75) is 12.6 Å². The minimum Gasteiger partial charge on any atom is -0.479 e. The molecule has 0 spiro atoms. The second-order valence-electron chi connectivity index (χ2n) is 4.14. The third kappa shape index (κ3) is 4.57. The van der Waals surface area contributed by atoms with Crippen LogP contribution in [0.4, 0.5) is 4.79 Å². The molecule has 0 saturated carbocycles. The van der Waals surface area contributed by atoms with Crippen molar-refractivity contribution in [3.8, 4) is 0 Å². The highest BCUT2D eigenvalue weighted by molar-refractivity contribution is 9.10. The molecular formula is C14H12BrNO4S. The normalized spacial score (nSPS) is 11.7. The van der Waals surface area contributed by atoms with Gasteiger partial charge < -0.3 is 15.2 Å². The zero-order valence-corrected chi connectivity index (χ0v) is 13.2. The van der Waals surface area contributed by atoms with E-state index in [2.05, 4.69) is 21.2 Å². The van der Waals surface area contributed by atoms with E-state index in [1.807, 2.05) is 30.3 Å². The molecule has 1 unspecified atom stereocenters. The van der Waals surface area contributed by atoms with Crippen molar-refractivity contribution in [1.82, 2.24) is 5.32 Å². The fourth-order valence-corrected chi connectivity index (χ4v) is 3.10. The summed E-state index contributed by atoms with van der Waals surface area (Å²) in [7, 11) is 0. The second kappa shape index (κ2) is 7.24. The van der Waals surface area contributed by atoms with Crippen LogP contribution in [-0.4, -0.2) is 17.2 Å². The number of carboxylic acid groups (broad SMARTS) is 1. The Morgan fingerprint density at radius 3 is 2.62 bits per heavy atom. The van der Waals surface area contributed by atoms with E-state index in [0.29, 0.717) is 4.88 Å². The molecule has 0 aliphatic carbocycles. The number of hydrogen-bond acceptors (Lipinski definition) is 4. The van der Waals surface area contributed by atoms with Crippen LogP contribution in [0.2, 0.25) is 0 Å². The molecule has 1 heterocycles. The third-order valence-electron chi connectivity index (χ3n) is 2.59. The van der Waals surface area contributed by atoms with Gasteiger partial charge in [-0.05, 0) is 27.6 Å². The highest BCUT2D eigenvalue weighted by atomic mass is 79.9. The van der Waals surface area contributed by atoms with Crippen molar-refractivity contribution >= 4 is 39.3 Å². The van der Waals surface area contributed by atoms with Crippen molar-refractivity contribution in [3.63, 3.8) is 0 Å². The number of aliphatic carboxylic acids is 1. The smallest absolute Gasteiger partial charge is 0.408 e. The quantitative estimate of drug-likeness (QED) is 0.844. The number of halogens is 1. The standard InChI is InChI=1S/C14H12BrNO4S/c15-10-6-11(21-8-10)12(13(17)18)16-14(19)20-7-9-4-2-1-3-5-9/h1-6,8,12H,7H2,(H,16,19)(H,17,18). The van der Waals surface area contributed by atoms with Crippen LogP contribution < -0.4 is 5.32 Å². The van der Waals surface area contributed by atoms with Crippen molar-refractivity contribution < 1.29 is 19.4 Å². The Morgan fingerprint density at radius 2 is 2.05 bits per heavy atom. The van der Waals surface area contributed by atoms with Gasteiger partial charge in [-0.25, -0.2) is 9.59 Å².